The van der Waals surface area contributed by atoms with E-state index < -0.39 is 11.9 Å². The van der Waals surface area contributed by atoms with Gasteiger partial charge >= 0.3 is 35.0 Å². The second-order valence-electron chi connectivity index (χ2n) is 0.860. The third-order valence-corrected chi connectivity index (χ3v) is 0.276. The zero-order chi connectivity index (χ0) is 6.57. The van der Waals surface area contributed by atoms with Crippen LogP contribution in [0.2, 0.25) is 0 Å². The zero-order valence-corrected chi connectivity index (χ0v) is 5.83. The maximum Gasteiger partial charge on any atom is 2.00 e. The van der Waals surface area contributed by atoms with Crippen LogP contribution >= 0.6 is 0 Å². The van der Waals surface area contributed by atoms with Gasteiger partial charge in [0.1, 0.15) is 0 Å². The average Bonchev–Trinajstić information content (AvgIpc) is 1.61. The van der Waals surface area contributed by atoms with Crippen molar-refractivity contribution in [1.29, 1.82) is 0 Å². The van der Waals surface area contributed by atoms with Gasteiger partial charge in [-0.15, -0.1) is 0 Å². The fourth-order valence-electron chi connectivity index (χ4n) is 0.107. The molecule has 0 bridgehead atoms. The van der Waals surface area contributed by atoms with E-state index >= 15 is 0 Å². The van der Waals surface area contributed by atoms with Crippen LogP contribution in [0.25, 0.3) is 0 Å². The van der Waals surface area contributed by atoms with Crippen molar-refractivity contribution in [2.24, 2.45) is 0 Å². The summed E-state index contributed by atoms with van der Waals surface area (Å²) < 4.78 is 0. The van der Waals surface area contributed by atoms with E-state index in [1.807, 2.05) is 0 Å². The standard InChI is InChI=1S/C4H2O4.Mg.2H/c5-3(6)1-2-4(7)8;;;/h(H,5,6)(H,7,8);;;/q;+2;2*-1. The summed E-state index contributed by atoms with van der Waals surface area (Å²) in [6.45, 7) is 0. The van der Waals surface area contributed by atoms with Gasteiger partial charge in [-0.05, 0) is 0 Å². The van der Waals surface area contributed by atoms with Crippen molar-refractivity contribution in [3.05, 3.63) is 0 Å². The smallest absolute Gasteiger partial charge is 1.00 e. The summed E-state index contributed by atoms with van der Waals surface area (Å²) in [7, 11) is 0. The summed E-state index contributed by atoms with van der Waals surface area (Å²) in [5.74, 6) is -0.0511. The van der Waals surface area contributed by atoms with Gasteiger partial charge in [-0.2, -0.15) is 0 Å². The van der Waals surface area contributed by atoms with Crippen LogP contribution in [0, 0.1) is 11.8 Å². The number of carboxylic acid groups (broad SMARTS) is 2. The van der Waals surface area contributed by atoms with E-state index in [1.165, 1.54) is 11.8 Å². The molecular formula is C4H4MgO4. The van der Waals surface area contributed by atoms with Crippen LogP contribution in [-0.4, -0.2) is 45.2 Å². The van der Waals surface area contributed by atoms with Gasteiger partial charge in [-0.25, -0.2) is 9.59 Å². The van der Waals surface area contributed by atoms with E-state index in [0.29, 0.717) is 0 Å². The van der Waals surface area contributed by atoms with Crippen molar-refractivity contribution in [3.63, 3.8) is 0 Å². The molecule has 0 aliphatic heterocycles. The van der Waals surface area contributed by atoms with Crippen LogP contribution in [0.5, 0.6) is 0 Å². The summed E-state index contributed by atoms with van der Waals surface area (Å²) in [5.41, 5.74) is 0. The Bertz CT molecular complexity index is 164. The molecule has 0 atom stereocenters. The molecule has 0 aromatic rings. The SMILES string of the molecule is O=C(O)C#CC(=O)O.[H-].[H-].[Mg+2]. The van der Waals surface area contributed by atoms with Gasteiger partial charge in [0.15, 0.2) is 0 Å². The van der Waals surface area contributed by atoms with Crippen LogP contribution < -0.4 is 0 Å². The first kappa shape index (κ1) is 11.1. The molecule has 2 N–H and O–H groups in total. The van der Waals surface area contributed by atoms with E-state index in [4.69, 9.17) is 10.2 Å². The second-order valence-corrected chi connectivity index (χ2v) is 0.860. The van der Waals surface area contributed by atoms with Gasteiger partial charge < -0.3 is 13.1 Å². The molecule has 0 aromatic carbocycles. The predicted octanol–water partition coefficient (Wildman–Crippen LogP) is -0.997. The number of carboxylic acids is 2. The first-order chi connectivity index (χ1) is 3.63. The molecule has 9 heavy (non-hydrogen) atoms. The Morgan fingerprint density at radius 1 is 1.11 bits per heavy atom. The molecule has 0 aromatic heterocycles. The van der Waals surface area contributed by atoms with E-state index in [1.54, 1.807) is 0 Å². The third-order valence-electron chi connectivity index (χ3n) is 0.276. The summed E-state index contributed by atoms with van der Waals surface area (Å²) in [6, 6.07) is 0. The van der Waals surface area contributed by atoms with Crippen molar-refractivity contribution in [2.75, 3.05) is 0 Å². The Morgan fingerprint density at radius 3 is 1.44 bits per heavy atom. The summed E-state index contributed by atoms with van der Waals surface area (Å²) in [5, 5.41) is 15.5. The Labute approximate surface area is 70.0 Å². The third kappa shape index (κ3) is 11.1. The Morgan fingerprint density at radius 2 is 1.33 bits per heavy atom. The molecule has 4 nitrogen and oxygen atoms in total. The Hall–Kier alpha value is -0.734. The maximum absolute atomic E-state index is 9.47. The number of hydrogen-bond donors (Lipinski definition) is 2. The maximum atomic E-state index is 9.47. The topological polar surface area (TPSA) is 74.6 Å². The molecule has 0 heterocycles. The average molecular weight is 140 g/mol. The minimum Gasteiger partial charge on any atom is -1.00 e. The monoisotopic (exact) mass is 140 g/mol. The van der Waals surface area contributed by atoms with Crippen LogP contribution in [-0.2, 0) is 9.59 Å². The first-order valence-electron chi connectivity index (χ1n) is 1.61. The van der Waals surface area contributed by atoms with Crippen molar-refractivity contribution < 1.29 is 22.7 Å². The van der Waals surface area contributed by atoms with E-state index in [2.05, 4.69) is 0 Å². The molecule has 0 rings (SSSR count). The molecule has 0 spiro atoms. The van der Waals surface area contributed by atoms with Gasteiger partial charge in [-0.3, -0.25) is 0 Å². The molecule has 0 aliphatic rings. The van der Waals surface area contributed by atoms with Crippen LogP contribution in [0.1, 0.15) is 2.85 Å². The van der Waals surface area contributed by atoms with Crippen molar-refractivity contribution in [3.8, 4) is 11.8 Å². The summed E-state index contributed by atoms with van der Waals surface area (Å²) in [4.78, 5) is 18.9. The largest absolute Gasteiger partial charge is 2.00 e. The number of carbonyl (C=O) groups is 2. The predicted molar refractivity (Wildman–Crippen MR) is 31.0 cm³/mol. The number of hydrogen-bond acceptors (Lipinski definition) is 2. The van der Waals surface area contributed by atoms with Gasteiger partial charge in [0.2, 0.25) is 0 Å². The molecule has 0 saturated heterocycles. The van der Waals surface area contributed by atoms with E-state index in [0.717, 1.165) is 0 Å². The van der Waals surface area contributed by atoms with Crippen LogP contribution in [0.4, 0.5) is 0 Å². The van der Waals surface area contributed by atoms with Crippen molar-refractivity contribution in [2.45, 2.75) is 0 Å². The van der Waals surface area contributed by atoms with Gasteiger partial charge in [0.25, 0.3) is 0 Å². The normalized spacial score (nSPS) is 5.78. The minimum atomic E-state index is -1.44. The summed E-state index contributed by atoms with van der Waals surface area (Å²) in [6.07, 6.45) is 0. The van der Waals surface area contributed by atoms with Crippen molar-refractivity contribution in [1.82, 2.24) is 0 Å². The number of aliphatic carboxylic acids is 2. The van der Waals surface area contributed by atoms with Crippen molar-refractivity contribution >= 4 is 35.0 Å². The Kier molecular flexibility index (Phi) is 6.67. The van der Waals surface area contributed by atoms with E-state index in [9.17, 15) is 9.59 Å². The first-order valence-corrected chi connectivity index (χ1v) is 1.61. The quantitative estimate of drug-likeness (QED) is 0.334. The van der Waals surface area contributed by atoms with Gasteiger partial charge in [-0.1, -0.05) is 0 Å². The molecule has 0 radical (unpaired) electrons. The van der Waals surface area contributed by atoms with Crippen LogP contribution in [0.3, 0.4) is 0 Å². The molecule has 0 amide bonds. The molecule has 5 heteroatoms. The molecule has 46 valence electrons. The molecular weight excluding hydrogens is 136 g/mol. The molecule has 0 aliphatic carbocycles. The Balaban J connectivity index is -0.0000000817. The fraction of sp³-hybridized carbons (Fsp3) is 0. The van der Waals surface area contributed by atoms with E-state index in [-0.39, 0.29) is 25.9 Å². The van der Waals surface area contributed by atoms with Gasteiger partial charge in [0.05, 0.1) is 0 Å². The zero-order valence-electron chi connectivity index (χ0n) is 6.42. The molecule has 0 unspecified atom stereocenters. The molecule has 0 saturated carbocycles. The summed E-state index contributed by atoms with van der Waals surface area (Å²) >= 11 is 0. The fourth-order valence-corrected chi connectivity index (χ4v) is 0.107. The minimum absolute atomic E-state index is 0. The van der Waals surface area contributed by atoms with Crippen LogP contribution in [0.15, 0.2) is 0 Å². The molecule has 0 fully saturated rings. The number of rotatable bonds is 0. The second kappa shape index (κ2) is 5.40. The van der Waals surface area contributed by atoms with Gasteiger partial charge in [0, 0.05) is 11.8 Å².